The Morgan fingerprint density at radius 3 is 2.25 bits per heavy atom. The molecule has 6 heteroatoms. The Hall–Kier alpha value is -0.940. The molecule has 4 fully saturated rings. The molecule has 4 aliphatic carbocycles. The smallest absolute Gasteiger partial charge is 0.162 e. The average Bonchev–Trinajstić information content (AvgIpc) is 2.74. The van der Waals surface area contributed by atoms with E-state index < -0.39 is 0 Å². The van der Waals surface area contributed by atoms with Gasteiger partial charge in [-0.05, 0) is 92.5 Å². The number of benzene rings is 2. The summed E-state index contributed by atoms with van der Waals surface area (Å²) in [6.07, 6.45) is 7.20. The van der Waals surface area contributed by atoms with Crippen molar-refractivity contribution in [1.29, 1.82) is 0 Å². The van der Waals surface area contributed by atoms with Crippen molar-refractivity contribution < 1.29 is 9.47 Å². The lowest BCUT2D eigenvalue weighted by Crippen LogP contribution is -2.54. The number of nitrogens with one attached hydrogen (secondary N) is 1. The van der Waals surface area contributed by atoms with Gasteiger partial charge < -0.3 is 14.8 Å². The Balaban J connectivity index is 1.28. The monoisotopic (exact) mass is 537 g/mol. The third-order valence-electron chi connectivity index (χ3n) is 7.57. The molecule has 4 saturated carbocycles. The average molecular weight is 539 g/mol. The van der Waals surface area contributed by atoms with Gasteiger partial charge in [0.1, 0.15) is 6.61 Å². The largest absolute Gasteiger partial charge is 0.490 e. The Bertz CT molecular complexity index is 955. The van der Waals surface area contributed by atoms with E-state index in [9.17, 15) is 0 Å². The van der Waals surface area contributed by atoms with E-state index in [4.69, 9.17) is 32.7 Å². The summed E-state index contributed by atoms with van der Waals surface area (Å²) in [5.74, 6) is 5.20. The summed E-state index contributed by atoms with van der Waals surface area (Å²) in [5, 5.41) is 5.15. The van der Waals surface area contributed by atoms with Gasteiger partial charge in [0.2, 0.25) is 0 Å². The first-order valence-corrected chi connectivity index (χ1v) is 13.3. The maximum atomic E-state index is 6.31. The molecule has 0 aliphatic heterocycles. The van der Waals surface area contributed by atoms with Gasteiger partial charge in [0.25, 0.3) is 0 Å². The molecule has 4 bridgehead atoms. The highest BCUT2D eigenvalue weighted by atomic mass is 79.9. The van der Waals surface area contributed by atoms with Crippen LogP contribution in [0.15, 0.2) is 34.8 Å². The second kappa shape index (κ2) is 9.74. The Kier molecular flexibility index (Phi) is 6.95. The molecular weight excluding hydrogens is 509 g/mol. The molecule has 0 unspecified atom stereocenters. The maximum absolute atomic E-state index is 6.31. The maximum Gasteiger partial charge on any atom is 0.162 e. The van der Waals surface area contributed by atoms with Crippen LogP contribution in [-0.4, -0.2) is 12.6 Å². The van der Waals surface area contributed by atoms with Crippen LogP contribution in [0.4, 0.5) is 0 Å². The summed E-state index contributed by atoms with van der Waals surface area (Å²) < 4.78 is 13.1. The van der Waals surface area contributed by atoms with Crippen molar-refractivity contribution in [3.05, 3.63) is 56.0 Å². The first-order chi connectivity index (χ1) is 15.5. The standard InChI is InChI=1S/C26H30BrCl2NO2/c1-2-31-24-10-20(13-30-26-18-6-15-5-16(8-18)9-19(26)7-15)22(27)12-25(24)32-14-17-3-4-21(28)11-23(17)29/h3-4,10-12,15-16,18-19,26,30H,2,5-9,13-14H2,1H3. The Morgan fingerprint density at radius 2 is 1.59 bits per heavy atom. The van der Waals surface area contributed by atoms with Gasteiger partial charge in [-0.1, -0.05) is 45.2 Å². The van der Waals surface area contributed by atoms with Gasteiger partial charge in [-0.15, -0.1) is 0 Å². The fraction of sp³-hybridized carbons (Fsp3) is 0.538. The Morgan fingerprint density at radius 1 is 0.906 bits per heavy atom. The lowest BCUT2D eigenvalue weighted by molar-refractivity contribution is -0.0142. The van der Waals surface area contributed by atoms with Crippen molar-refractivity contribution >= 4 is 39.1 Å². The van der Waals surface area contributed by atoms with Crippen LogP contribution in [0.2, 0.25) is 10.0 Å². The van der Waals surface area contributed by atoms with E-state index in [2.05, 4.69) is 27.3 Å². The third kappa shape index (κ3) is 4.80. The minimum absolute atomic E-state index is 0.355. The van der Waals surface area contributed by atoms with Crippen LogP contribution in [0, 0.1) is 23.7 Å². The predicted molar refractivity (Wildman–Crippen MR) is 134 cm³/mol. The molecule has 0 radical (unpaired) electrons. The Labute approximate surface area is 209 Å². The summed E-state index contributed by atoms with van der Waals surface area (Å²) in [6, 6.07) is 10.2. The molecule has 0 aromatic heterocycles. The highest BCUT2D eigenvalue weighted by Crippen LogP contribution is 2.53. The summed E-state index contributed by atoms with van der Waals surface area (Å²) in [6.45, 7) is 3.78. The van der Waals surface area contributed by atoms with Crippen LogP contribution >= 0.6 is 39.1 Å². The molecule has 2 aromatic rings. The molecule has 0 atom stereocenters. The topological polar surface area (TPSA) is 30.5 Å². The minimum Gasteiger partial charge on any atom is -0.490 e. The molecule has 4 aliphatic rings. The quantitative estimate of drug-likeness (QED) is 0.374. The van der Waals surface area contributed by atoms with Crippen LogP contribution in [0.3, 0.4) is 0 Å². The second-order valence-electron chi connectivity index (χ2n) is 9.69. The first-order valence-electron chi connectivity index (χ1n) is 11.8. The molecule has 6 rings (SSSR count). The number of rotatable bonds is 8. The van der Waals surface area contributed by atoms with Crippen molar-refractivity contribution in [2.75, 3.05) is 6.61 Å². The number of halogens is 3. The van der Waals surface area contributed by atoms with Crippen molar-refractivity contribution in [1.82, 2.24) is 5.32 Å². The van der Waals surface area contributed by atoms with Crippen LogP contribution in [0.25, 0.3) is 0 Å². The molecule has 0 amide bonds. The van der Waals surface area contributed by atoms with Gasteiger partial charge in [-0.25, -0.2) is 0 Å². The number of ether oxygens (including phenoxy) is 2. The fourth-order valence-corrected chi connectivity index (χ4v) is 7.30. The van der Waals surface area contributed by atoms with Crippen LogP contribution in [-0.2, 0) is 13.2 Å². The number of hydrogen-bond donors (Lipinski definition) is 1. The minimum atomic E-state index is 0.355. The second-order valence-corrected chi connectivity index (χ2v) is 11.4. The molecule has 0 spiro atoms. The van der Waals surface area contributed by atoms with Crippen molar-refractivity contribution in [3.63, 3.8) is 0 Å². The van der Waals surface area contributed by atoms with E-state index in [1.165, 1.54) is 37.7 Å². The predicted octanol–water partition coefficient (Wildman–Crippen LogP) is 7.65. The summed E-state index contributed by atoms with van der Waals surface area (Å²) >= 11 is 16.1. The van der Waals surface area contributed by atoms with Gasteiger partial charge in [0.05, 0.1) is 6.61 Å². The molecular formula is C26H30BrCl2NO2. The van der Waals surface area contributed by atoms with E-state index in [0.717, 1.165) is 46.0 Å². The molecule has 32 heavy (non-hydrogen) atoms. The molecule has 3 nitrogen and oxygen atoms in total. The fourth-order valence-electron chi connectivity index (χ4n) is 6.37. The van der Waals surface area contributed by atoms with Gasteiger partial charge in [-0.2, -0.15) is 0 Å². The molecule has 172 valence electrons. The third-order valence-corrected chi connectivity index (χ3v) is 8.89. The molecule has 1 N–H and O–H groups in total. The van der Waals surface area contributed by atoms with Gasteiger partial charge in [0, 0.05) is 32.7 Å². The van der Waals surface area contributed by atoms with Crippen LogP contribution < -0.4 is 14.8 Å². The van der Waals surface area contributed by atoms with E-state index in [0.29, 0.717) is 35.1 Å². The zero-order valence-corrected chi connectivity index (χ0v) is 21.5. The van der Waals surface area contributed by atoms with Crippen molar-refractivity contribution in [3.8, 4) is 11.5 Å². The summed E-state index contributed by atoms with van der Waals surface area (Å²) in [5.41, 5.74) is 2.10. The van der Waals surface area contributed by atoms with E-state index in [-0.39, 0.29) is 0 Å². The highest BCUT2D eigenvalue weighted by molar-refractivity contribution is 9.10. The van der Waals surface area contributed by atoms with Gasteiger partial charge in [-0.3, -0.25) is 0 Å². The number of hydrogen-bond acceptors (Lipinski definition) is 3. The molecule has 0 saturated heterocycles. The summed E-state index contributed by atoms with van der Waals surface area (Å²) in [4.78, 5) is 0. The van der Waals surface area contributed by atoms with Crippen LogP contribution in [0.5, 0.6) is 11.5 Å². The summed E-state index contributed by atoms with van der Waals surface area (Å²) in [7, 11) is 0. The zero-order valence-electron chi connectivity index (χ0n) is 18.4. The van der Waals surface area contributed by atoms with Crippen LogP contribution in [0.1, 0.15) is 50.2 Å². The van der Waals surface area contributed by atoms with E-state index >= 15 is 0 Å². The highest BCUT2D eigenvalue weighted by Gasteiger charge is 2.47. The first kappa shape index (κ1) is 22.8. The van der Waals surface area contributed by atoms with Crippen molar-refractivity contribution in [2.45, 2.75) is 58.2 Å². The SMILES string of the molecule is CCOc1cc(CNC2C3CC4CC(C3)CC2C4)c(Br)cc1OCc1ccc(Cl)cc1Cl. The van der Waals surface area contributed by atoms with E-state index in [1.54, 1.807) is 6.07 Å². The molecule has 0 heterocycles. The van der Waals surface area contributed by atoms with Gasteiger partial charge in [0.15, 0.2) is 11.5 Å². The van der Waals surface area contributed by atoms with Gasteiger partial charge >= 0.3 is 0 Å². The molecule has 2 aromatic carbocycles. The lowest BCUT2D eigenvalue weighted by Gasteiger charge is -2.54. The lowest BCUT2D eigenvalue weighted by atomic mass is 9.54. The van der Waals surface area contributed by atoms with E-state index in [1.807, 2.05) is 25.1 Å². The zero-order chi connectivity index (χ0) is 22.2. The van der Waals surface area contributed by atoms with Crippen molar-refractivity contribution in [2.24, 2.45) is 23.7 Å². The normalized spacial score (nSPS) is 28.2.